The number of hydrogen-bond donors (Lipinski definition) is 4. The maximum Gasteiger partial charge on any atom is 0.247 e. The number of methoxy groups -OCH3 is 1. The molecule has 4 rings (SSSR count). The zero-order valence-corrected chi connectivity index (χ0v) is 21.7. The summed E-state index contributed by atoms with van der Waals surface area (Å²) in [7, 11) is 1.49. The molecule has 0 spiro atoms. The van der Waals surface area contributed by atoms with Crippen molar-refractivity contribution in [3.63, 3.8) is 0 Å². The fourth-order valence-electron chi connectivity index (χ4n) is 5.39. The second-order valence-corrected chi connectivity index (χ2v) is 10.3. The molecule has 4 N–H and O–H groups in total. The first-order valence-corrected chi connectivity index (χ1v) is 13.0. The fraction of sp³-hybridized carbons (Fsp3) is 0.630. The molecule has 10 nitrogen and oxygen atoms in total. The second-order valence-electron chi connectivity index (χ2n) is 10.3. The van der Waals surface area contributed by atoms with Crippen LogP contribution in [0, 0.1) is 11.8 Å². The van der Waals surface area contributed by atoms with Gasteiger partial charge in [0.05, 0.1) is 44.8 Å². The Balaban J connectivity index is 1.78. The van der Waals surface area contributed by atoms with E-state index in [1.807, 2.05) is 0 Å². The number of nitrogens with one attached hydrogen (secondary N) is 1. The van der Waals surface area contributed by atoms with Crippen LogP contribution in [0.15, 0.2) is 23.8 Å². The molecule has 1 saturated heterocycles. The van der Waals surface area contributed by atoms with Crippen LogP contribution >= 0.6 is 0 Å². The lowest BCUT2D eigenvalue weighted by molar-refractivity contribution is -0.141. The molecule has 0 radical (unpaired) electrons. The lowest BCUT2D eigenvalue weighted by Gasteiger charge is -2.41. The van der Waals surface area contributed by atoms with Crippen LogP contribution in [0.25, 0.3) is 0 Å². The molecule has 1 aromatic carbocycles. The van der Waals surface area contributed by atoms with Gasteiger partial charge in [0.2, 0.25) is 11.8 Å². The second kappa shape index (κ2) is 11.8. The number of fused-ring (bicyclic) bond motifs is 3. The number of benzene rings is 1. The van der Waals surface area contributed by atoms with Gasteiger partial charge in [-0.25, -0.2) is 0 Å². The molecule has 1 fully saturated rings. The lowest BCUT2D eigenvalue weighted by atomic mass is 9.77. The largest absolute Gasteiger partial charge is 0.493 e. The van der Waals surface area contributed by atoms with Crippen molar-refractivity contribution in [2.75, 3.05) is 40.0 Å². The molecular formula is C27H38N2O8. The Morgan fingerprint density at radius 2 is 2.05 bits per heavy atom. The molecule has 2 aliphatic heterocycles. The number of carbonyl (C=O) groups is 2. The summed E-state index contributed by atoms with van der Waals surface area (Å²) < 4.78 is 17.2. The van der Waals surface area contributed by atoms with E-state index in [0.717, 1.165) is 6.42 Å². The molecule has 2 heterocycles. The first-order chi connectivity index (χ1) is 17.8. The average Bonchev–Trinajstić information content (AvgIpc) is 3.56. The maximum absolute atomic E-state index is 13.6. The van der Waals surface area contributed by atoms with Crippen molar-refractivity contribution in [1.82, 2.24) is 10.2 Å². The predicted molar refractivity (Wildman–Crippen MR) is 134 cm³/mol. The van der Waals surface area contributed by atoms with Crippen molar-refractivity contribution in [2.24, 2.45) is 11.8 Å². The number of carbonyl (C=O) groups excluding carboxylic acids is 2. The predicted octanol–water partition coefficient (Wildman–Crippen LogP) is 0.721. The molecule has 37 heavy (non-hydrogen) atoms. The van der Waals surface area contributed by atoms with E-state index in [2.05, 4.69) is 19.2 Å². The molecule has 1 aliphatic carbocycles. The van der Waals surface area contributed by atoms with Crippen LogP contribution in [0.4, 0.5) is 0 Å². The number of amides is 2. The molecule has 2 amide bonds. The standard InChI is InChI=1S/C27H38N2O8/c1-15(2)4-7-29(27(34)17-5-9-36-14-17)20-12-19(26(33)28-6-8-30)22-18-10-16(13-31)11-21(35-3)24(18)37-25(22)23(20)32/h10-12,15,17,20,22-23,25,30-32H,4-9,13-14H2,1-3H3,(H,28,33)/t17?,20-,22+,23+,25+/m1/s1. The smallest absolute Gasteiger partial charge is 0.247 e. The van der Waals surface area contributed by atoms with Crippen LogP contribution in [0.3, 0.4) is 0 Å². The number of nitrogens with zero attached hydrogens (tertiary/aromatic N) is 1. The van der Waals surface area contributed by atoms with E-state index >= 15 is 0 Å². The third-order valence-corrected chi connectivity index (χ3v) is 7.36. The molecule has 0 bridgehead atoms. The molecule has 0 saturated carbocycles. The van der Waals surface area contributed by atoms with E-state index in [9.17, 15) is 24.9 Å². The average molecular weight is 519 g/mol. The van der Waals surface area contributed by atoms with Gasteiger partial charge in [-0.15, -0.1) is 0 Å². The van der Waals surface area contributed by atoms with E-state index < -0.39 is 30.1 Å². The number of ether oxygens (including phenoxy) is 3. The van der Waals surface area contributed by atoms with Gasteiger partial charge in [-0.05, 0) is 42.5 Å². The third-order valence-electron chi connectivity index (χ3n) is 7.36. The van der Waals surface area contributed by atoms with E-state index in [1.165, 1.54) is 7.11 Å². The Morgan fingerprint density at radius 3 is 2.68 bits per heavy atom. The van der Waals surface area contributed by atoms with Gasteiger partial charge in [-0.1, -0.05) is 13.8 Å². The van der Waals surface area contributed by atoms with Crippen molar-refractivity contribution in [2.45, 2.75) is 57.5 Å². The number of aliphatic hydroxyl groups excluding tert-OH is 3. The SMILES string of the molecule is COc1cc(CO)cc2c1O[C@@H]1[C@@H](O)[C@H](N(CCC(C)C)C(=O)C3CCOC3)C=C(C(=O)NCCO)[C@H]21. The topological polar surface area (TPSA) is 138 Å². The van der Waals surface area contributed by atoms with Crippen LogP contribution < -0.4 is 14.8 Å². The zero-order valence-electron chi connectivity index (χ0n) is 21.7. The Labute approximate surface area is 217 Å². The van der Waals surface area contributed by atoms with Crippen LogP contribution in [0.5, 0.6) is 11.5 Å². The summed E-state index contributed by atoms with van der Waals surface area (Å²) in [5.41, 5.74) is 1.55. The summed E-state index contributed by atoms with van der Waals surface area (Å²) in [6.45, 7) is 5.01. The summed E-state index contributed by atoms with van der Waals surface area (Å²) in [5, 5.41) is 33.4. The van der Waals surface area contributed by atoms with Crippen LogP contribution in [0.2, 0.25) is 0 Å². The summed E-state index contributed by atoms with van der Waals surface area (Å²) in [6, 6.07) is 2.62. The molecule has 1 aromatic rings. The van der Waals surface area contributed by atoms with Crippen LogP contribution in [-0.2, 0) is 20.9 Å². The van der Waals surface area contributed by atoms with Crippen molar-refractivity contribution in [3.05, 3.63) is 34.9 Å². The van der Waals surface area contributed by atoms with Gasteiger partial charge in [-0.3, -0.25) is 9.59 Å². The summed E-state index contributed by atoms with van der Waals surface area (Å²) >= 11 is 0. The Morgan fingerprint density at radius 1 is 1.27 bits per heavy atom. The van der Waals surface area contributed by atoms with Crippen LogP contribution in [-0.4, -0.2) is 90.3 Å². The van der Waals surface area contributed by atoms with Gasteiger partial charge in [0.1, 0.15) is 12.2 Å². The van der Waals surface area contributed by atoms with Gasteiger partial charge in [0.25, 0.3) is 0 Å². The first-order valence-electron chi connectivity index (χ1n) is 13.0. The first kappa shape index (κ1) is 27.4. The normalized spacial score (nSPS) is 26.2. The van der Waals surface area contributed by atoms with E-state index in [1.54, 1.807) is 23.1 Å². The van der Waals surface area contributed by atoms with Crippen LogP contribution in [0.1, 0.15) is 43.7 Å². The zero-order chi connectivity index (χ0) is 26.7. The Kier molecular flexibility index (Phi) is 8.74. The number of hydrogen-bond acceptors (Lipinski definition) is 8. The summed E-state index contributed by atoms with van der Waals surface area (Å²) in [5.74, 6) is -0.338. The number of aliphatic hydroxyl groups is 3. The van der Waals surface area contributed by atoms with E-state index in [-0.39, 0.29) is 31.6 Å². The highest BCUT2D eigenvalue weighted by Crippen LogP contribution is 2.51. The van der Waals surface area contributed by atoms with Crippen molar-refractivity contribution < 1.29 is 39.1 Å². The molecule has 204 valence electrons. The number of rotatable bonds is 10. The highest BCUT2D eigenvalue weighted by Gasteiger charge is 2.51. The van der Waals surface area contributed by atoms with E-state index in [0.29, 0.717) is 60.3 Å². The minimum absolute atomic E-state index is 0.0594. The van der Waals surface area contributed by atoms with Gasteiger partial charge in [-0.2, -0.15) is 0 Å². The maximum atomic E-state index is 13.6. The van der Waals surface area contributed by atoms with Crippen molar-refractivity contribution >= 4 is 11.8 Å². The molecule has 1 unspecified atom stereocenters. The van der Waals surface area contributed by atoms with Gasteiger partial charge in [0.15, 0.2) is 11.5 Å². The molecule has 5 atom stereocenters. The monoisotopic (exact) mass is 518 g/mol. The summed E-state index contributed by atoms with van der Waals surface area (Å²) in [4.78, 5) is 28.7. The fourth-order valence-corrected chi connectivity index (χ4v) is 5.39. The molecule has 3 aliphatic rings. The van der Waals surface area contributed by atoms with Crippen molar-refractivity contribution in [3.8, 4) is 11.5 Å². The minimum atomic E-state index is -1.12. The third kappa shape index (κ3) is 5.47. The highest BCUT2D eigenvalue weighted by atomic mass is 16.5. The summed E-state index contributed by atoms with van der Waals surface area (Å²) in [6.07, 6.45) is 1.04. The molecule has 0 aromatic heterocycles. The van der Waals surface area contributed by atoms with Gasteiger partial charge in [0, 0.05) is 30.8 Å². The highest BCUT2D eigenvalue weighted by molar-refractivity contribution is 5.96. The van der Waals surface area contributed by atoms with Gasteiger partial charge < -0.3 is 39.7 Å². The van der Waals surface area contributed by atoms with Gasteiger partial charge >= 0.3 is 0 Å². The lowest BCUT2D eigenvalue weighted by Crippen LogP contribution is -2.57. The van der Waals surface area contributed by atoms with Crippen molar-refractivity contribution in [1.29, 1.82) is 0 Å². The minimum Gasteiger partial charge on any atom is -0.493 e. The molecular weight excluding hydrogens is 480 g/mol. The quantitative estimate of drug-likeness (QED) is 0.356. The van der Waals surface area contributed by atoms with E-state index in [4.69, 9.17) is 14.2 Å². The Hall–Kier alpha value is -2.66. The molecule has 10 heteroatoms. The Bertz CT molecular complexity index is 1020.